The third-order valence-electron chi connectivity index (χ3n) is 2.06. The van der Waals surface area contributed by atoms with E-state index in [1.54, 1.807) is 13.1 Å². The molecule has 0 spiro atoms. The van der Waals surface area contributed by atoms with Crippen molar-refractivity contribution in [3.05, 3.63) is 39.7 Å². The van der Waals surface area contributed by atoms with E-state index in [4.69, 9.17) is 16.3 Å². The van der Waals surface area contributed by atoms with Crippen LogP contribution in [0.4, 0.5) is 10.3 Å². The van der Waals surface area contributed by atoms with E-state index in [-0.39, 0.29) is 16.7 Å². The van der Waals surface area contributed by atoms with Crippen molar-refractivity contribution >= 4 is 33.5 Å². The first kappa shape index (κ1) is 13.0. The molecule has 1 heterocycles. The van der Waals surface area contributed by atoms with Crippen LogP contribution in [-0.4, -0.2) is 17.0 Å². The van der Waals surface area contributed by atoms with Crippen molar-refractivity contribution in [3.63, 3.8) is 0 Å². The lowest BCUT2D eigenvalue weighted by Gasteiger charge is -2.09. The predicted octanol–water partition coefficient (Wildman–Crippen LogP) is 3.87. The predicted molar refractivity (Wildman–Crippen MR) is 70.8 cm³/mol. The molecule has 0 unspecified atom stereocenters. The molecule has 1 aromatic heterocycles. The van der Waals surface area contributed by atoms with Crippen molar-refractivity contribution in [1.29, 1.82) is 0 Å². The van der Waals surface area contributed by atoms with Gasteiger partial charge in [0, 0.05) is 7.05 Å². The lowest BCUT2D eigenvalue weighted by molar-refractivity contribution is 0.424. The van der Waals surface area contributed by atoms with Gasteiger partial charge < -0.3 is 10.1 Å². The molecule has 0 aliphatic carbocycles. The van der Waals surface area contributed by atoms with Crippen LogP contribution in [0.25, 0.3) is 0 Å². The Labute approximate surface area is 116 Å². The minimum Gasteiger partial charge on any atom is -0.435 e. The van der Waals surface area contributed by atoms with E-state index in [1.165, 1.54) is 18.3 Å². The normalized spacial score (nSPS) is 10.2. The molecule has 0 atom stereocenters. The molecular weight excluding hydrogens is 324 g/mol. The standard InChI is InChI=1S/C11H8BrClFN3O/c1-15-11-16-5-6(12)10(17-11)18-8-4-2-3-7(13)9(8)14/h2-5H,1H3,(H,15,16,17). The molecule has 4 nitrogen and oxygen atoms in total. The molecule has 1 N–H and O–H groups in total. The van der Waals surface area contributed by atoms with E-state index in [0.717, 1.165) is 0 Å². The van der Waals surface area contributed by atoms with Gasteiger partial charge in [-0.3, -0.25) is 0 Å². The monoisotopic (exact) mass is 331 g/mol. The quantitative estimate of drug-likeness (QED) is 0.927. The Bertz CT molecular complexity index is 582. The van der Waals surface area contributed by atoms with Crippen molar-refractivity contribution in [3.8, 4) is 11.6 Å². The van der Waals surface area contributed by atoms with E-state index >= 15 is 0 Å². The van der Waals surface area contributed by atoms with Crippen LogP contribution in [0.2, 0.25) is 5.02 Å². The van der Waals surface area contributed by atoms with E-state index in [0.29, 0.717) is 10.4 Å². The fourth-order valence-electron chi connectivity index (χ4n) is 1.21. The SMILES string of the molecule is CNc1ncc(Br)c(Oc2cccc(Cl)c2F)n1. The lowest BCUT2D eigenvalue weighted by Crippen LogP contribution is -1.99. The minimum absolute atomic E-state index is 0.00366. The van der Waals surface area contributed by atoms with Gasteiger partial charge in [-0.1, -0.05) is 17.7 Å². The summed E-state index contributed by atoms with van der Waals surface area (Å²) in [7, 11) is 1.67. The zero-order valence-corrected chi connectivity index (χ0v) is 11.6. The van der Waals surface area contributed by atoms with Gasteiger partial charge in [0.1, 0.15) is 0 Å². The Morgan fingerprint density at radius 1 is 1.44 bits per heavy atom. The van der Waals surface area contributed by atoms with Crippen LogP contribution in [0, 0.1) is 5.82 Å². The summed E-state index contributed by atoms with van der Waals surface area (Å²) in [5, 5.41) is 2.76. The molecule has 7 heteroatoms. The second kappa shape index (κ2) is 5.49. The number of aromatic nitrogens is 2. The fraction of sp³-hybridized carbons (Fsp3) is 0.0909. The van der Waals surface area contributed by atoms with Crippen LogP contribution < -0.4 is 10.1 Å². The average Bonchev–Trinajstić information content (AvgIpc) is 2.37. The van der Waals surface area contributed by atoms with Crippen molar-refractivity contribution < 1.29 is 9.13 Å². The van der Waals surface area contributed by atoms with Gasteiger partial charge in [-0.15, -0.1) is 0 Å². The average molecular weight is 333 g/mol. The molecule has 0 aliphatic rings. The molecule has 94 valence electrons. The number of ether oxygens (including phenoxy) is 1. The molecule has 0 aliphatic heterocycles. The molecule has 0 saturated carbocycles. The Morgan fingerprint density at radius 2 is 2.22 bits per heavy atom. The first-order valence-corrected chi connectivity index (χ1v) is 6.11. The zero-order valence-electron chi connectivity index (χ0n) is 9.25. The number of nitrogens with one attached hydrogen (secondary N) is 1. The first-order chi connectivity index (χ1) is 8.61. The number of hydrogen-bond acceptors (Lipinski definition) is 4. The lowest BCUT2D eigenvalue weighted by atomic mass is 10.3. The first-order valence-electron chi connectivity index (χ1n) is 4.94. The molecule has 0 saturated heterocycles. The number of nitrogens with zero attached hydrogens (tertiary/aromatic N) is 2. The number of rotatable bonds is 3. The van der Waals surface area contributed by atoms with Crippen LogP contribution in [0.15, 0.2) is 28.9 Å². The summed E-state index contributed by atoms with van der Waals surface area (Å²) in [6, 6.07) is 4.50. The van der Waals surface area contributed by atoms with E-state index in [9.17, 15) is 4.39 Å². The molecule has 0 radical (unpaired) electrons. The van der Waals surface area contributed by atoms with Gasteiger partial charge in [-0.2, -0.15) is 4.98 Å². The summed E-state index contributed by atoms with van der Waals surface area (Å²) in [5.41, 5.74) is 0. The van der Waals surface area contributed by atoms with Crippen LogP contribution >= 0.6 is 27.5 Å². The highest BCUT2D eigenvalue weighted by Gasteiger charge is 2.12. The van der Waals surface area contributed by atoms with E-state index in [2.05, 4.69) is 31.2 Å². The Balaban J connectivity index is 2.36. The number of hydrogen-bond donors (Lipinski definition) is 1. The van der Waals surface area contributed by atoms with Crippen molar-refractivity contribution in [1.82, 2.24) is 9.97 Å². The Morgan fingerprint density at radius 3 is 2.94 bits per heavy atom. The highest BCUT2D eigenvalue weighted by atomic mass is 79.9. The highest BCUT2D eigenvalue weighted by molar-refractivity contribution is 9.10. The summed E-state index contributed by atoms with van der Waals surface area (Å²) in [4.78, 5) is 8.03. The molecule has 2 aromatic rings. The van der Waals surface area contributed by atoms with E-state index in [1.807, 2.05) is 0 Å². The maximum Gasteiger partial charge on any atom is 0.238 e. The molecular formula is C11H8BrClFN3O. The second-order valence-corrected chi connectivity index (χ2v) is 4.51. The summed E-state index contributed by atoms with van der Waals surface area (Å²) in [5.74, 6) is -0.0502. The maximum absolute atomic E-state index is 13.7. The van der Waals surface area contributed by atoms with Gasteiger partial charge in [0.2, 0.25) is 11.8 Å². The molecule has 1 aromatic carbocycles. The number of halogens is 3. The zero-order chi connectivity index (χ0) is 13.1. The van der Waals surface area contributed by atoms with Crippen LogP contribution in [-0.2, 0) is 0 Å². The second-order valence-electron chi connectivity index (χ2n) is 3.25. The number of anilines is 1. The van der Waals surface area contributed by atoms with Crippen molar-refractivity contribution in [2.75, 3.05) is 12.4 Å². The summed E-state index contributed by atoms with van der Waals surface area (Å²) < 4.78 is 19.6. The largest absolute Gasteiger partial charge is 0.435 e. The highest BCUT2D eigenvalue weighted by Crippen LogP contribution is 2.31. The molecule has 0 fully saturated rings. The van der Waals surface area contributed by atoms with Gasteiger partial charge in [0.15, 0.2) is 11.6 Å². The molecule has 2 rings (SSSR count). The summed E-state index contributed by atoms with van der Waals surface area (Å²) in [6.07, 6.45) is 1.51. The van der Waals surface area contributed by atoms with Crippen LogP contribution in [0.3, 0.4) is 0 Å². The number of benzene rings is 1. The van der Waals surface area contributed by atoms with E-state index < -0.39 is 5.82 Å². The topological polar surface area (TPSA) is 47.0 Å². The van der Waals surface area contributed by atoms with Crippen molar-refractivity contribution in [2.45, 2.75) is 0 Å². The van der Waals surface area contributed by atoms with Crippen LogP contribution in [0.1, 0.15) is 0 Å². The van der Waals surface area contributed by atoms with Gasteiger partial charge >= 0.3 is 0 Å². The van der Waals surface area contributed by atoms with Crippen LogP contribution in [0.5, 0.6) is 11.6 Å². The van der Waals surface area contributed by atoms with Gasteiger partial charge in [-0.05, 0) is 28.1 Å². The smallest absolute Gasteiger partial charge is 0.238 e. The van der Waals surface area contributed by atoms with Gasteiger partial charge in [0.25, 0.3) is 0 Å². The van der Waals surface area contributed by atoms with Gasteiger partial charge in [-0.25, -0.2) is 9.37 Å². The third kappa shape index (κ3) is 2.70. The fourth-order valence-corrected chi connectivity index (χ4v) is 1.65. The van der Waals surface area contributed by atoms with Gasteiger partial charge in [0.05, 0.1) is 15.7 Å². The maximum atomic E-state index is 13.7. The molecule has 0 amide bonds. The van der Waals surface area contributed by atoms with Crippen molar-refractivity contribution in [2.24, 2.45) is 0 Å². The third-order valence-corrected chi connectivity index (χ3v) is 2.89. The summed E-state index contributed by atoms with van der Waals surface area (Å²) >= 11 is 8.89. The molecule has 18 heavy (non-hydrogen) atoms. The molecule has 0 bridgehead atoms. The minimum atomic E-state index is -0.629. The summed E-state index contributed by atoms with van der Waals surface area (Å²) in [6.45, 7) is 0. The Kier molecular flexibility index (Phi) is 3.98. The Hall–Kier alpha value is -1.40.